The normalized spacial score (nSPS) is 12.2. The minimum Gasteiger partial charge on any atom is -0.486 e. The molecule has 0 radical (unpaired) electrons. The zero-order valence-electron chi connectivity index (χ0n) is 9.62. The van der Waals surface area contributed by atoms with Crippen LogP contribution in [0.2, 0.25) is 0 Å². The van der Waals surface area contributed by atoms with E-state index in [0.29, 0.717) is 5.92 Å². The monoisotopic (exact) mass is 206 g/mol. The molecule has 0 spiro atoms. The first-order valence-corrected chi connectivity index (χ1v) is 5.35. The van der Waals surface area contributed by atoms with Crippen LogP contribution in [0.15, 0.2) is 24.3 Å². The lowest BCUT2D eigenvalue weighted by molar-refractivity contribution is -0.118. The summed E-state index contributed by atoms with van der Waals surface area (Å²) in [6, 6.07) is 7.96. The summed E-state index contributed by atoms with van der Waals surface area (Å²) in [5, 5.41) is 0. The number of benzene rings is 1. The van der Waals surface area contributed by atoms with Crippen LogP contribution in [0, 0.1) is 0 Å². The molecule has 0 aliphatic rings. The largest absolute Gasteiger partial charge is 0.486 e. The molecule has 1 aromatic rings. The maximum absolute atomic E-state index is 10.7. The van der Waals surface area contributed by atoms with Gasteiger partial charge in [0.25, 0.3) is 0 Å². The molecule has 0 saturated heterocycles. The van der Waals surface area contributed by atoms with Gasteiger partial charge in [-0.3, -0.25) is 4.79 Å². The number of ketones is 1. The molecule has 0 amide bonds. The van der Waals surface area contributed by atoms with Crippen LogP contribution < -0.4 is 4.74 Å². The molecular formula is C13H18O2. The van der Waals surface area contributed by atoms with Crippen molar-refractivity contribution >= 4 is 5.78 Å². The molecule has 0 aromatic heterocycles. The van der Waals surface area contributed by atoms with Crippen molar-refractivity contribution in [1.29, 1.82) is 0 Å². The van der Waals surface area contributed by atoms with Crippen molar-refractivity contribution in [3.05, 3.63) is 29.8 Å². The van der Waals surface area contributed by atoms with Gasteiger partial charge in [-0.05, 0) is 37.0 Å². The topological polar surface area (TPSA) is 26.3 Å². The number of rotatable bonds is 5. The second kappa shape index (κ2) is 5.54. The Morgan fingerprint density at radius 2 is 1.93 bits per heavy atom. The molecule has 2 heteroatoms. The van der Waals surface area contributed by atoms with Crippen molar-refractivity contribution in [2.45, 2.75) is 33.1 Å². The third-order valence-electron chi connectivity index (χ3n) is 2.50. The summed E-state index contributed by atoms with van der Waals surface area (Å²) in [6.07, 6.45) is 1.13. The number of Topliss-reactive ketones (excluding diaryl/α,β-unsaturated/α-hetero) is 1. The molecule has 2 nitrogen and oxygen atoms in total. The van der Waals surface area contributed by atoms with Gasteiger partial charge in [-0.2, -0.15) is 0 Å². The summed E-state index contributed by atoms with van der Waals surface area (Å²) in [5.74, 6) is 1.38. The van der Waals surface area contributed by atoms with Crippen LogP contribution in [0.3, 0.4) is 0 Å². The summed E-state index contributed by atoms with van der Waals surface area (Å²) >= 11 is 0. The molecular weight excluding hydrogens is 188 g/mol. The Morgan fingerprint density at radius 1 is 1.33 bits per heavy atom. The van der Waals surface area contributed by atoms with Crippen molar-refractivity contribution in [1.82, 2.24) is 0 Å². The van der Waals surface area contributed by atoms with Crippen LogP contribution in [0.1, 0.15) is 38.7 Å². The Labute approximate surface area is 91.3 Å². The molecule has 0 bridgehead atoms. The summed E-state index contributed by atoms with van der Waals surface area (Å²) in [4.78, 5) is 10.7. The fraction of sp³-hybridized carbons (Fsp3) is 0.462. The molecule has 1 aromatic carbocycles. The van der Waals surface area contributed by atoms with Gasteiger partial charge in [-0.25, -0.2) is 0 Å². The van der Waals surface area contributed by atoms with E-state index in [1.807, 2.05) is 12.1 Å². The third kappa shape index (κ3) is 3.74. The summed E-state index contributed by atoms with van der Waals surface area (Å²) in [7, 11) is 0. The van der Waals surface area contributed by atoms with Gasteiger partial charge in [0.2, 0.25) is 0 Å². The second-order valence-electron chi connectivity index (χ2n) is 3.87. The molecule has 0 N–H and O–H groups in total. The van der Waals surface area contributed by atoms with Crippen LogP contribution in [0.4, 0.5) is 0 Å². The van der Waals surface area contributed by atoms with E-state index < -0.39 is 0 Å². The number of hydrogen-bond donors (Lipinski definition) is 0. The fourth-order valence-corrected chi connectivity index (χ4v) is 1.31. The van der Waals surface area contributed by atoms with Gasteiger partial charge in [-0.15, -0.1) is 0 Å². The van der Waals surface area contributed by atoms with Crippen LogP contribution in [0.5, 0.6) is 5.75 Å². The predicted octanol–water partition coefficient (Wildman–Crippen LogP) is 3.17. The Balaban J connectivity index is 2.60. The zero-order chi connectivity index (χ0) is 11.3. The van der Waals surface area contributed by atoms with Crippen molar-refractivity contribution in [2.75, 3.05) is 6.61 Å². The summed E-state index contributed by atoms with van der Waals surface area (Å²) in [6.45, 7) is 6.05. The zero-order valence-corrected chi connectivity index (χ0v) is 9.62. The van der Waals surface area contributed by atoms with E-state index >= 15 is 0 Å². The van der Waals surface area contributed by atoms with E-state index in [4.69, 9.17) is 4.74 Å². The molecule has 15 heavy (non-hydrogen) atoms. The SMILES string of the molecule is CCC(C)c1ccc(OCC(C)=O)cc1. The van der Waals surface area contributed by atoms with Crippen molar-refractivity contribution in [3.8, 4) is 5.75 Å². The number of ether oxygens (including phenoxy) is 1. The highest BCUT2D eigenvalue weighted by Gasteiger charge is 2.02. The van der Waals surface area contributed by atoms with Gasteiger partial charge in [0.1, 0.15) is 12.4 Å². The molecule has 0 saturated carbocycles. The maximum atomic E-state index is 10.7. The summed E-state index contributed by atoms with van der Waals surface area (Å²) < 4.78 is 5.29. The van der Waals surface area contributed by atoms with Gasteiger partial charge in [0, 0.05) is 0 Å². The molecule has 0 fully saturated rings. The molecule has 82 valence electrons. The standard InChI is InChI=1S/C13H18O2/c1-4-10(2)12-5-7-13(8-6-12)15-9-11(3)14/h5-8,10H,4,9H2,1-3H3. The first-order valence-electron chi connectivity index (χ1n) is 5.35. The van der Waals surface area contributed by atoms with Crippen molar-refractivity contribution in [2.24, 2.45) is 0 Å². The van der Waals surface area contributed by atoms with E-state index in [9.17, 15) is 4.79 Å². The van der Waals surface area contributed by atoms with E-state index in [0.717, 1.165) is 12.2 Å². The highest BCUT2D eigenvalue weighted by molar-refractivity contribution is 5.77. The Kier molecular flexibility index (Phi) is 4.35. The van der Waals surface area contributed by atoms with Gasteiger partial charge in [0.05, 0.1) is 0 Å². The smallest absolute Gasteiger partial charge is 0.167 e. The molecule has 0 aliphatic heterocycles. The maximum Gasteiger partial charge on any atom is 0.167 e. The highest BCUT2D eigenvalue weighted by atomic mass is 16.5. The van der Waals surface area contributed by atoms with Crippen molar-refractivity contribution in [3.63, 3.8) is 0 Å². The fourth-order valence-electron chi connectivity index (χ4n) is 1.31. The lowest BCUT2D eigenvalue weighted by atomic mass is 9.99. The Bertz CT molecular complexity index is 314. The number of carbonyl (C=O) groups excluding carboxylic acids is 1. The highest BCUT2D eigenvalue weighted by Crippen LogP contribution is 2.21. The number of carbonyl (C=O) groups is 1. The van der Waals surface area contributed by atoms with Gasteiger partial charge < -0.3 is 4.74 Å². The van der Waals surface area contributed by atoms with E-state index in [1.54, 1.807) is 0 Å². The second-order valence-corrected chi connectivity index (χ2v) is 3.87. The van der Waals surface area contributed by atoms with E-state index in [1.165, 1.54) is 12.5 Å². The van der Waals surface area contributed by atoms with E-state index in [-0.39, 0.29) is 12.4 Å². The van der Waals surface area contributed by atoms with Crippen LogP contribution in [-0.2, 0) is 4.79 Å². The lowest BCUT2D eigenvalue weighted by Gasteiger charge is -2.10. The van der Waals surface area contributed by atoms with Gasteiger partial charge >= 0.3 is 0 Å². The Morgan fingerprint density at radius 3 is 2.40 bits per heavy atom. The Hall–Kier alpha value is -1.31. The van der Waals surface area contributed by atoms with Crippen LogP contribution in [-0.4, -0.2) is 12.4 Å². The average molecular weight is 206 g/mol. The molecule has 0 heterocycles. The first-order chi connectivity index (χ1) is 7.13. The quantitative estimate of drug-likeness (QED) is 0.739. The minimum absolute atomic E-state index is 0.0426. The van der Waals surface area contributed by atoms with E-state index in [2.05, 4.69) is 26.0 Å². The average Bonchev–Trinajstić information content (AvgIpc) is 2.26. The molecule has 1 rings (SSSR count). The third-order valence-corrected chi connectivity index (χ3v) is 2.50. The molecule has 0 aliphatic carbocycles. The van der Waals surface area contributed by atoms with Gasteiger partial charge in [0.15, 0.2) is 5.78 Å². The van der Waals surface area contributed by atoms with Gasteiger partial charge in [-0.1, -0.05) is 26.0 Å². The van der Waals surface area contributed by atoms with Crippen LogP contribution >= 0.6 is 0 Å². The lowest BCUT2D eigenvalue weighted by Crippen LogP contribution is -2.06. The summed E-state index contributed by atoms with van der Waals surface area (Å²) in [5.41, 5.74) is 1.31. The number of hydrogen-bond acceptors (Lipinski definition) is 2. The first kappa shape index (κ1) is 11.8. The molecule has 1 unspecified atom stereocenters. The minimum atomic E-state index is 0.0426. The van der Waals surface area contributed by atoms with Crippen LogP contribution in [0.25, 0.3) is 0 Å². The molecule has 1 atom stereocenters. The van der Waals surface area contributed by atoms with Crippen molar-refractivity contribution < 1.29 is 9.53 Å². The predicted molar refractivity (Wildman–Crippen MR) is 61.3 cm³/mol.